The molecule has 3 heteroatoms. The first-order valence-corrected chi connectivity index (χ1v) is 5.23. The first kappa shape index (κ1) is 11.6. The predicted molar refractivity (Wildman–Crippen MR) is 65.6 cm³/mol. The number of nitrogens with one attached hydrogen (secondary N) is 1. The second kappa shape index (κ2) is 4.82. The Labute approximate surface area is 91.4 Å². The van der Waals surface area contributed by atoms with Crippen molar-refractivity contribution in [3.63, 3.8) is 0 Å². The van der Waals surface area contributed by atoms with Gasteiger partial charge in [-0.2, -0.15) is 0 Å². The maximum Gasteiger partial charge on any atom is 0.122 e. The highest BCUT2D eigenvalue weighted by Crippen LogP contribution is 2.17. The van der Waals surface area contributed by atoms with Crippen molar-refractivity contribution < 1.29 is 0 Å². The standard InChI is InChI=1S/C12H19N3/c1-4-9(2)15(3)11-7-5-10(6-8-11)12(13)14/h5-9H,4H2,1-3H3,(H3,13,14). The Bertz CT molecular complexity index is 329. The van der Waals surface area contributed by atoms with E-state index in [2.05, 4.69) is 25.8 Å². The molecule has 0 aliphatic carbocycles. The summed E-state index contributed by atoms with van der Waals surface area (Å²) in [6, 6.07) is 8.30. The van der Waals surface area contributed by atoms with Gasteiger partial charge in [-0.05, 0) is 37.6 Å². The maximum atomic E-state index is 7.30. The molecule has 15 heavy (non-hydrogen) atoms. The fourth-order valence-electron chi connectivity index (χ4n) is 1.40. The highest BCUT2D eigenvalue weighted by molar-refractivity contribution is 5.95. The molecule has 1 rings (SSSR count). The third kappa shape index (κ3) is 2.72. The molecule has 0 radical (unpaired) electrons. The van der Waals surface area contributed by atoms with Crippen molar-refractivity contribution in [2.45, 2.75) is 26.3 Å². The minimum Gasteiger partial charge on any atom is -0.384 e. The fourth-order valence-corrected chi connectivity index (χ4v) is 1.40. The van der Waals surface area contributed by atoms with Crippen molar-refractivity contribution in [2.75, 3.05) is 11.9 Å². The zero-order valence-electron chi connectivity index (χ0n) is 9.62. The number of hydrogen-bond acceptors (Lipinski definition) is 2. The molecule has 0 heterocycles. The number of nitrogens with zero attached hydrogens (tertiary/aromatic N) is 1. The number of benzene rings is 1. The Morgan fingerprint density at radius 1 is 1.40 bits per heavy atom. The van der Waals surface area contributed by atoms with E-state index in [-0.39, 0.29) is 5.84 Å². The van der Waals surface area contributed by atoms with E-state index in [0.29, 0.717) is 6.04 Å². The highest BCUT2D eigenvalue weighted by atomic mass is 15.1. The molecule has 0 spiro atoms. The Morgan fingerprint density at radius 2 is 1.93 bits per heavy atom. The average molecular weight is 205 g/mol. The van der Waals surface area contributed by atoms with E-state index in [1.807, 2.05) is 24.3 Å². The van der Waals surface area contributed by atoms with Crippen molar-refractivity contribution in [3.05, 3.63) is 29.8 Å². The molecule has 0 aliphatic heterocycles. The van der Waals surface area contributed by atoms with E-state index in [1.54, 1.807) is 0 Å². The molecule has 0 aromatic heterocycles. The van der Waals surface area contributed by atoms with Crippen LogP contribution in [0, 0.1) is 5.41 Å². The van der Waals surface area contributed by atoms with Crippen molar-refractivity contribution >= 4 is 11.5 Å². The van der Waals surface area contributed by atoms with Gasteiger partial charge in [0.1, 0.15) is 5.84 Å². The Hall–Kier alpha value is -1.51. The molecule has 0 aliphatic rings. The third-order valence-electron chi connectivity index (χ3n) is 2.84. The molecule has 3 nitrogen and oxygen atoms in total. The van der Waals surface area contributed by atoms with E-state index in [9.17, 15) is 0 Å². The van der Waals surface area contributed by atoms with Crippen molar-refractivity contribution in [1.29, 1.82) is 5.41 Å². The normalized spacial score (nSPS) is 12.2. The lowest BCUT2D eigenvalue weighted by Gasteiger charge is -2.26. The number of amidine groups is 1. The highest BCUT2D eigenvalue weighted by Gasteiger charge is 2.07. The summed E-state index contributed by atoms with van der Waals surface area (Å²) in [5, 5.41) is 7.30. The molecule has 3 N–H and O–H groups in total. The number of hydrogen-bond donors (Lipinski definition) is 2. The molecule has 1 atom stereocenters. The van der Waals surface area contributed by atoms with Crippen LogP contribution in [0.15, 0.2) is 24.3 Å². The smallest absolute Gasteiger partial charge is 0.122 e. The summed E-state index contributed by atoms with van der Waals surface area (Å²) in [6.07, 6.45) is 1.12. The van der Waals surface area contributed by atoms with Crippen LogP contribution in [0.1, 0.15) is 25.8 Å². The monoisotopic (exact) mass is 205 g/mol. The lowest BCUT2D eigenvalue weighted by atomic mass is 10.1. The van der Waals surface area contributed by atoms with Crippen molar-refractivity contribution in [3.8, 4) is 0 Å². The molecule has 0 saturated carbocycles. The van der Waals surface area contributed by atoms with Crippen molar-refractivity contribution in [2.24, 2.45) is 5.73 Å². The molecule has 1 aromatic rings. The number of nitrogens with two attached hydrogens (primary N) is 1. The van der Waals surface area contributed by atoms with Crippen LogP contribution in [0.3, 0.4) is 0 Å². The summed E-state index contributed by atoms with van der Waals surface area (Å²) in [7, 11) is 2.08. The molecule has 82 valence electrons. The Morgan fingerprint density at radius 3 is 2.33 bits per heavy atom. The fraction of sp³-hybridized carbons (Fsp3) is 0.417. The second-order valence-electron chi connectivity index (χ2n) is 3.83. The average Bonchev–Trinajstić information content (AvgIpc) is 2.27. The van der Waals surface area contributed by atoms with Gasteiger partial charge in [0.2, 0.25) is 0 Å². The van der Waals surface area contributed by atoms with E-state index in [0.717, 1.165) is 17.7 Å². The molecule has 0 fully saturated rings. The van der Waals surface area contributed by atoms with Gasteiger partial charge in [-0.1, -0.05) is 6.92 Å². The largest absolute Gasteiger partial charge is 0.384 e. The topological polar surface area (TPSA) is 53.1 Å². The van der Waals surface area contributed by atoms with Crippen LogP contribution in [-0.4, -0.2) is 18.9 Å². The van der Waals surface area contributed by atoms with E-state index in [4.69, 9.17) is 11.1 Å². The van der Waals surface area contributed by atoms with Crippen LogP contribution >= 0.6 is 0 Å². The van der Waals surface area contributed by atoms with E-state index in [1.165, 1.54) is 0 Å². The summed E-state index contributed by atoms with van der Waals surface area (Å²) in [5.74, 6) is 0.118. The van der Waals surface area contributed by atoms with E-state index >= 15 is 0 Å². The molecular formula is C12H19N3. The molecule has 1 aromatic carbocycles. The van der Waals surface area contributed by atoms with Crippen LogP contribution in [0.5, 0.6) is 0 Å². The number of rotatable bonds is 4. The van der Waals surface area contributed by atoms with E-state index < -0.39 is 0 Å². The number of nitrogen functional groups attached to an aromatic ring is 1. The van der Waals surface area contributed by atoms with Crippen LogP contribution in [-0.2, 0) is 0 Å². The van der Waals surface area contributed by atoms with Crippen LogP contribution in [0.25, 0.3) is 0 Å². The van der Waals surface area contributed by atoms with Gasteiger partial charge >= 0.3 is 0 Å². The summed E-state index contributed by atoms with van der Waals surface area (Å²) in [4.78, 5) is 2.23. The molecular weight excluding hydrogens is 186 g/mol. The van der Waals surface area contributed by atoms with Gasteiger partial charge in [0, 0.05) is 24.3 Å². The van der Waals surface area contributed by atoms with Gasteiger partial charge in [0.25, 0.3) is 0 Å². The SMILES string of the molecule is CCC(C)N(C)c1ccc(C(=N)N)cc1. The lowest BCUT2D eigenvalue weighted by molar-refractivity contribution is 0.664. The lowest BCUT2D eigenvalue weighted by Crippen LogP contribution is -2.27. The van der Waals surface area contributed by atoms with Gasteiger partial charge < -0.3 is 10.6 Å². The molecule has 1 unspecified atom stereocenters. The molecule has 0 bridgehead atoms. The molecule has 0 saturated heterocycles. The zero-order chi connectivity index (χ0) is 11.4. The summed E-state index contributed by atoms with van der Waals surface area (Å²) < 4.78 is 0. The van der Waals surface area contributed by atoms with Crippen LogP contribution in [0.4, 0.5) is 5.69 Å². The first-order chi connectivity index (χ1) is 7.06. The Balaban J connectivity index is 2.84. The minimum atomic E-state index is 0.118. The second-order valence-corrected chi connectivity index (χ2v) is 3.83. The van der Waals surface area contributed by atoms with Crippen LogP contribution < -0.4 is 10.6 Å². The predicted octanol–water partition coefficient (Wildman–Crippen LogP) is 2.21. The zero-order valence-corrected chi connectivity index (χ0v) is 9.62. The van der Waals surface area contributed by atoms with Gasteiger partial charge in [-0.25, -0.2) is 0 Å². The number of anilines is 1. The summed E-state index contributed by atoms with van der Waals surface area (Å²) in [6.45, 7) is 4.37. The summed E-state index contributed by atoms with van der Waals surface area (Å²) in [5.41, 5.74) is 7.33. The van der Waals surface area contributed by atoms with Gasteiger partial charge in [0.05, 0.1) is 0 Å². The van der Waals surface area contributed by atoms with Crippen molar-refractivity contribution in [1.82, 2.24) is 0 Å². The maximum absolute atomic E-state index is 7.30. The van der Waals surface area contributed by atoms with Crippen LogP contribution in [0.2, 0.25) is 0 Å². The van der Waals surface area contributed by atoms with Gasteiger partial charge in [0.15, 0.2) is 0 Å². The summed E-state index contributed by atoms with van der Waals surface area (Å²) >= 11 is 0. The first-order valence-electron chi connectivity index (χ1n) is 5.23. The van der Waals surface area contributed by atoms with Gasteiger partial charge in [-0.15, -0.1) is 0 Å². The quantitative estimate of drug-likeness (QED) is 0.585. The Kier molecular flexibility index (Phi) is 3.72. The minimum absolute atomic E-state index is 0.118. The third-order valence-corrected chi connectivity index (χ3v) is 2.84. The molecule has 0 amide bonds. The van der Waals surface area contributed by atoms with Gasteiger partial charge in [-0.3, -0.25) is 5.41 Å².